The average Bonchev–Trinajstić information content (AvgIpc) is 2.59. The Morgan fingerprint density at radius 1 is 1.33 bits per heavy atom. The van der Waals surface area contributed by atoms with Crippen LogP contribution in [0, 0.1) is 0 Å². The molecule has 1 aromatic heterocycles. The van der Waals surface area contributed by atoms with E-state index in [1.807, 2.05) is 6.07 Å². The molecule has 2 heteroatoms. The normalized spacial score (nSPS) is 11.5. The highest BCUT2D eigenvalue weighted by Crippen LogP contribution is 2.22. The Hall–Kier alpha value is -1.31. The van der Waals surface area contributed by atoms with Crippen molar-refractivity contribution in [2.75, 3.05) is 0 Å². The first kappa shape index (κ1) is 10.2. The molecular formula is C13H17NO. The van der Waals surface area contributed by atoms with Gasteiger partial charge in [-0.3, -0.25) is 0 Å². The van der Waals surface area contributed by atoms with Gasteiger partial charge in [-0.15, -0.1) is 0 Å². The SMILES string of the molecule is CCCc1nc2cc(C(C)C)ccc2o1. The highest BCUT2D eigenvalue weighted by Gasteiger charge is 2.06. The van der Waals surface area contributed by atoms with E-state index in [4.69, 9.17) is 4.42 Å². The highest BCUT2D eigenvalue weighted by atomic mass is 16.3. The molecule has 0 atom stereocenters. The zero-order valence-corrected chi connectivity index (χ0v) is 9.58. The van der Waals surface area contributed by atoms with Crippen LogP contribution in [-0.4, -0.2) is 4.98 Å². The van der Waals surface area contributed by atoms with Crippen LogP contribution in [0.5, 0.6) is 0 Å². The van der Waals surface area contributed by atoms with Gasteiger partial charge in [0.25, 0.3) is 0 Å². The Balaban J connectivity index is 2.43. The largest absolute Gasteiger partial charge is 0.441 e. The molecule has 2 nitrogen and oxygen atoms in total. The third-order valence-electron chi connectivity index (χ3n) is 2.59. The zero-order chi connectivity index (χ0) is 10.8. The highest BCUT2D eigenvalue weighted by molar-refractivity contribution is 5.73. The van der Waals surface area contributed by atoms with E-state index in [0.29, 0.717) is 5.92 Å². The Kier molecular flexibility index (Phi) is 2.76. The van der Waals surface area contributed by atoms with Crippen LogP contribution in [0.4, 0.5) is 0 Å². The summed E-state index contributed by atoms with van der Waals surface area (Å²) in [6.07, 6.45) is 2.00. The molecule has 0 aliphatic carbocycles. The molecule has 2 aromatic rings. The van der Waals surface area contributed by atoms with Crippen molar-refractivity contribution in [2.45, 2.75) is 39.5 Å². The second-order valence-electron chi connectivity index (χ2n) is 4.24. The first-order valence-corrected chi connectivity index (χ1v) is 5.60. The summed E-state index contributed by atoms with van der Waals surface area (Å²) in [6, 6.07) is 6.27. The number of hydrogen-bond donors (Lipinski definition) is 0. The molecule has 0 saturated carbocycles. The molecule has 0 N–H and O–H groups in total. The summed E-state index contributed by atoms with van der Waals surface area (Å²) < 4.78 is 5.63. The molecule has 0 fully saturated rings. The van der Waals surface area contributed by atoms with Gasteiger partial charge in [0.1, 0.15) is 5.52 Å². The summed E-state index contributed by atoms with van der Waals surface area (Å²) >= 11 is 0. The molecule has 0 amide bonds. The molecule has 0 aliphatic heterocycles. The van der Waals surface area contributed by atoms with Crippen molar-refractivity contribution in [1.82, 2.24) is 4.98 Å². The maximum Gasteiger partial charge on any atom is 0.195 e. The minimum Gasteiger partial charge on any atom is -0.441 e. The van der Waals surface area contributed by atoms with Gasteiger partial charge in [-0.25, -0.2) is 4.98 Å². The number of aromatic nitrogens is 1. The number of hydrogen-bond acceptors (Lipinski definition) is 2. The number of oxazole rings is 1. The van der Waals surface area contributed by atoms with Crippen LogP contribution in [0.15, 0.2) is 22.6 Å². The van der Waals surface area contributed by atoms with Crippen LogP contribution in [0.2, 0.25) is 0 Å². The number of rotatable bonds is 3. The molecule has 0 aliphatic rings. The molecule has 0 unspecified atom stereocenters. The van der Waals surface area contributed by atoms with Gasteiger partial charge in [0, 0.05) is 6.42 Å². The Bertz CT molecular complexity index is 457. The zero-order valence-electron chi connectivity index (χ0n) is 9.58. The second kappa shape index (κ2) is 4.05. The van der Waals surface area contributed by atoms with Gasteiger partial charge in [-0.2, -0.15) is 0 Å². The molecule has 2 rings (SSSR count). The van der Waals surface area contributed by atoms with Crippen molar-refractivity contribution in [3.63, 3.8) is 0 Å². The van der Waals surface area contributed by atoms with Crippen molar-refractivity contribution in [2.24, 2.45) is 0 Å². The smallest absolute Gasteiger partial charge is 0.195 e. The van der Waals surface area contributed by atoms with Crippen molar-refractivity contribution >= 4 is 11.1 Å². The number of fused-ring (bicyclic) bond motifs is 1. The monoisotopic (exact) mass is 203 g/mol. The number of benzene rings is 1. The molecule has 80 valence electrons. The van der Waals surface area contributed by atoms with E-state index in [-0.39, 0.29) is 0 Å². The van der Waals surface area contributed by atoms with E-state index in [9.17, 15) is 0 Å². The van der Waals surface area contributed by atoms with Crippen molar-refractivity contribution in [1.29, 1.82) is 0 Å². The lowest BCUT2D eigenvalue weighted by atomic mass is 10.0. The maximum atomic E-state index is 5.63. The minimum atomic E-state index is 0.542. The predicted octanol–water partition coefficient (Wildman–Crippen LogP) is 3.90. The molecule has 15 heavy (non-hydrogen) atoms. The second-order valence-corrected chi connectivity index (χ2v) is 4.24. The summed E-state index contributed by atoms with van der Waals surface area (Å²) in [5, 5.41) is 0. The van der Waals surface area contributed by atoms with Gasteiger partial charge in [-0.1, -0.05) is 26.8 Å². The van der Waals surface area contributed by atoms with Gasteiger partial charge in [-0.05, 0) is 30.0 Å². The molecule has 0 radical (unpaired) electrons. The average molecular weight is 203 g/mol. The molecule has 0 bridgehead atoms. The summed E-state index contributed by atoms with van der Waals surface area (Å²) in [5.74, 6) is 1.40. The van der Waals surface area contributed by atoms with Crippen LogP contribution in [0.1, 0.15) is 44.6 Å². The van der Waals surface area contributed by atoms with Gasteiger partial charge in [0.05, 0.1) is 0 Å². The third kappa shape index (κ3) is 2.04. The van der Waals surface area contributed by atoms with Gasteiger partial charge < -0.3 is 4.42 Å². The molecule has 1 aromatic carbocycles. The standard InChI is InChI=1S/C13H17NO/c1-4-5-13-14-11-8-10(9(2)3)6-7-12(11)15-13/h6-9H,4-5H2,1-3H3. The van der Waals surface area contributed by atoms with Crippen molar-refractivity contribution < 1.29 is 4.42 Å². The Morgan fingerprint density at radius 2 is 2.13 bits per heavy atom. The van der Waals surface area contributed by atoms with E-state index >= 15 is 0 Å². The van der Waals surface area contributed by atoms with Crippen LogP contribution in [0.25, 0.3) is 11.1 Å². The molecule has 0 spiro atoms. The first-order chi connectivity index (χ1) is 7.20. The predicted molar refractivity (Wildman–Crippen MR) is 62.1 cm³/mol. The van der Waals surface area contributed by atoms with E-state index in [2.05, 4.69) is 37.9 Å². The fourth-order valence-corrected chi connectivity index (χ4v) is 1.67. The van der Waals surface area contributed by atoms with Gasteiger partial charge in [0.2, 0.25) is 0 Å². The van der Waals surface area contributed by atoms with Crippen LogP contribution >= 0.6 is 0 Å². The van der Waals surface area contributed by atoms with Crippen LogP contribution < -0.4 is 0 Å². The van der Waals surface area contributed by atoms with E-state index in [1.165, 1.54) is 5.56 Å². The van der Waals surface area contributed by atoms with E-state index in [1.54, 1.807) is 0 Å². The van der Waals surface area contributed by atoms with E-state index < -0.39 is 0 Å². The van der Waals surface area contributed by atoms with Crippen LogP contribution in [0.3, 0.4) is 0 Å². The maximum absolute atomic E-state index is 5.63. The van der Waals surface area contributed by atoms with Gasteiger partial charge in [0.15, 0.2) is 11.5 Å². The third-order valence-corrected chi connectivity index (χ3v) is 2.59. The topological polar surface area (TPSA) is 26.0 Å². The summed E-state index contributed by atoms with van der Waals surface area (Å²) in [7, 11) is 0. The lowest BCUT2D eigenvalue weighted by Crippen LogP contribution is -1.86. The molecule has 1 heterocycles. The summed E-state index contributed by atoms with van der Waals surface area (Å²) in [5.41, 5.74) is 3.21. The Labute approximate surface area is 90.3 Å². The van der Waals surface area contributed by atoms with Crippen molar-refractivity contribution in [3.05, 3.63) is 29.7 Å². The summed E-state index contributed by atoms with van der Waals surface area (Å²) in [4.78, 5) is 4.48. The lowest BCUT2D eigenvalue weighted by Gasteiger charge is -2.02. The van der Waals surface area contributed by atoms with E-state index in [0.717, 1.165) is 29.8 Å². The molecular weight excluding hydrogens is 186 g/mol. The molecule has 0 saturated heterocycles. The van der Waals surface area contributed by atoms with Crippen molar-refractivity contribution in [3.8, 4) is 0 Å². The van der Waals surface area contributed by atoms with Crippen LogP contribution in [-0.2, 0) is 6.42 Å². The minimum absolute atomic E-state index is 0.542. The number of aryl methyl sites for hydroxylation is 1. The Morgan fingerprint density at radius 3 is 2.80 bits per heavy atom. The fraction of sp³-hybridized carbons (Fsp3) is 0.462. The quantitative estimate of drug-likeness (QED) is 0.756. The fourth-order valence-electron chi connectivity index (χ4n) is 1.67. The first-order valence-electron chi connectivity index (χ1n) is 5.60. The van der Waals surface area contributed by atoms with Gasteiger partial charge >= 0.3 is 0 Å². The summed E-state index contributed by atoms with van der Waals surface area (Å²) in [6.45, 7) is 6.51. The number of nitrogens with zero attached hydrogens (tertiary/aromatic N) is 1. The lowest BCUT2D eigenvalue weighted by molar-refractivity contribution is 0.525.